The lowest BCUT2D eigenvalue weighted by Crippen LogP contribution is -2.29. The van der Waals surface area contributed by atoms with E-state index in [1.807, 2.05) is 37.4 Å². The number of amides is 1. The second kappa shape index (κ2) is 7.71. The van der Waals surface area contributed by atoms with E-state index in [0.717, 1.165) is 18.7 Å². The third-order valence-corrected chi connectivity index (χ3v) is 4.94. The van der Waals surface area contributed by atoms with Gasteiger partial charge in [0.2, 0.25) is 5.91 Å². The van der Waals surface area contributed by atoms with Gasteiger partial charge in [0, 0.05) is 37.4 Å². The van der Waals surface area contributed by atoms with E-state index in [1.165, 1.54) is 24.1 Å². The van der Waals surface area contributed by atoms with Crippen molar-refractivity contribution < 1.29 is 4.79 Å². The maximum absolute atomic E-state index is 12.6. The lowest BCUT2D eigenvalue weighted by Gasteiger charge is -2.24. The number of hydrogen-bond acceptors (Lipinski definition) is 2. The van der Waals surface area contributed by atoms with Gasteiger partial charge in [0.15, 0.2) is 0 Å². The monoisotopic (exact) mass is 342 g/mol. The highest BCUT2D eigenvalue weighted by atomic mass is 35.5. The molecule has 3 nitrogen and oxygen atoms in total. The van der Waals surface area contributed by atoms with Crippen LogP contribution in [-0.4, -0.2) is 30.9 Å². The van der Waals surface area contributed by atoms with Crippen molar-refractivity contribution in [2.45, 2.75) is 25.8 Å². The first kappa shape index (κ1) is 16.8. The molecule has 0 bridgehead atoms. The van der Waals surface area contributed by atoms with Crippen molar-refractivity contribution in [3.8, 4) is 0 Å². The summed E-state index contributed by atoms with van der Waals surface area (Å²) >= 11 is 6.17. The molecule has 0 atom stereocenters. The first-order valence-corrected chi connectivity index (χ1v) is 8.83. The molecule has 3 rings (SSSR count). The molecule has 1 fully saturated rings. The minimum atomic E-state index is 0.0827. The number of anilines is 1. The third-order valence-electron chi connectivity index (χ3n) is 4.57. The van der Waals surface area contributed by atoms with Crippen LogP contribution in [0.5, 0.6) is 0 Å². The van der Waals surface area contributed by atoms with Crippen LogP contribution in [0.1, 0.15) is 24.0 Å². The quantitative estimate of drug-likeness (QED) is 0.815. The molecular weight excluding hydrogens is 320 g/mol. The number of halogens is 1. The molecule has 0 N–H and O–H groups in total. The normalized spacial score (nSPS) is 14.0. The molecule has 1 amide bonds. The summed E-state index contributed by atoms with van der Waals surface area (Å²) in [7, 11) is 1.86. The molecule has 0 radical (unpaired) electrons. The number of hydrogen-bond donors (Lipinski definition) is 0. The van der Waals surface area contributed by atoms with E-state index in [1.54, 1.807) is 4.90 Å². The van der Waals surface area contributed by atoms with Gasteiger partial charge in [0.05, 0.1) is 6.42 Å². The van der Waals surface area contributed by atoms with Crippen molar-refractivity contribution in [3.63, 3.8) is 0 Å². The molecule has 0 aliphatic carbocycles. The van der Waals surface area contributed by atoms with Crippen LogP contribution in [0.15, 0.2) is 48.5 Å². The van der Waals surface area contributed by atoms with E-state index < -0.39 is 0 Å². The zero-order valence-corrected chi connectivity index (χ0v) is 14.8. The van der Waals surface area contributed by atoms with Gasteiger partial charge in [-0.2, -0.15) is 0 Å². The summed E-state index contributed by atoms with van der Waals surface area (Å²) in [6.45, 7) is 2.83. The highest BCUT2D eigenvalue weighted by molar-refractivity contribution is 6.31. The van der Waals surface area contributed by atoms with Crippen molar-refractivity contribution in [2.24, 2.45) is 0 Å². The highest BCUT2D eigenvalue weighted by Crippen LogP contribution is 2.25. The number of likely N-dealkylation sites (N-methyl/N-ethyl adjacent to an activating group) is 1. The summed E-state index contributed by atoms with van der Waals surface area (Å²) in [5.74, 6) is 0.0827. The van der Waals surface area contributed by atoms with Crippen molar-refractivity contribution in [3.05, 3.63) is 64.7 Å². The van der Waals surface area contributed by atoms with Gasteiger partial charge in [0.25, 0.3) is 0 Å². The maximum atomic E-state index is 12.6. The maximum Gasteiger partial charge on any atom is 0.227 e. The Bertz CT molecular complexity index is 710. The summed E-state index contributed by atoms with van der Waals surface area (Å²) in [6.07, 6.45) is 2.83. The van der Waals surface area contributed by atoms with Gasteiger partial charge >= 0.3 is 0 Å². The van der Waals surface area contributed by atoms with E-state index in [9.17, 15) is 4.79 Å². The van der Waals surface area contributed by atoms with Gasteiger partial charge in [-0.1, -0.05) is 48.0 Å². The Labute approximate surface area is 148 Å². The minimum Gasteiger partial charge on any atom is -0.371 e. The molecule has 2 aromatic carbocycles. The number of nitrogens with zero attached hydrogens (tertiary/aromatic N) is 2. The van der Waals surface area contributed by atoms with Gasteiger partial charge in [-0.25, -0.2) is 0 Å². The van der Waals surface area contributed by atoms with Crippen LogP contribution in [0.2, 0.25) is 5.02 Å². The Hall–Kier alpha value is -2.00. The molecule has 1 aliphatic heterocycles. The van der Waals surface area contributed by atoms with E-state index in [0.29, 0.717) is 18.0 Å². The molecular formula is C20H23ClN2O. The Morgan fingerprint density at radius 3 is 2.38 bits per heavy atom. The standard InChI is InChI=1S/C20H23ClN2O/c1-22(20(24)14-16-8-2-4-10-18(16)21)15-17-9-3-5-11-19(17)23-12-6-7-13-23/h2-5,8-11H,6-7,12-15H2,1H3. The summed E-state index contributed by atoms with van der Waals surface area (Å²) in [4.78, 5) is 16.8. The number of carbonyl (C=O) groups is 1. The van der Waals surface area contributed by atoms with Crippen molar-refractivity contribution in [2.75, 3.05) is 25.0 Å². The van der Waals surface area contributed by atoms with E-state index >= 15 is 0 Å². The average Bonchev–Trinajstić information content (AvgIpc) is 3.11. The third kappa shape index (κ3) is 3.90. The van der Waals surface area contributed by atoms with Crippen LogP contribution >= 0.6 is 11.6 Å². The SMILES string of the molecule is CN(Cc1ccccc1N1CCCC1)C(=O)Cc1ccccc1Cl. The van der Waals surface area contributed by atoms with Gasteiger partial charge in [-0.05, 0) is 36.1 Å². The Morgan fingerprint density at radius 1 is 1.04 bits per heavy atom. The largest absolute Gasteiger partial charge is 0.371 e. The fourth-order valence-electron chi connectivity index (χ4n) is 3.19. The fraction of sp³-hybridized carbons (Fsp3) is 0.350. The smallest absolute Gasteiger partial charge is 0.227 e. The van der Waals surface area contributed by atoms with Crippen LogP contribution in [0.3, 0.4) is 0 Å². The zero-order valence-electron chi connectivity index (χ0n) is 14.0. The van der Waals surface area contributed by atoms with Crippen LogP contribution in [0, 0.1) is 0 Å². The summed E-state index contributed by atoms with van der Waals surface area (Å²) in [5.41, 5.74) is 3.34. The molecule has 0 saturated carbocycles. The zero-order chi connectivity index (χ0) is 16.9. The Kier molecular flexibility index (Phi) is 5.41. The first-order valence-electron chi connectivity index (χ1n) is 8.45. The molecule has 0 unspecified atom stereocenters. The van der Waals surface area contributed by atoms with E-state index in [4.69, 9.17) is 11.6 Å². The fourth-order valence-corrected chi connectivity index (χ4v) is 3.40. The van der Waals surface area contributed by atoms with Gasteiger partial charge < -0.3 is 9.80 Å². The van der Waals surface area contributed by atoms with Crippen molar-refractivity contribution in [1.82, 2.24) is 4.90 Å². The molecule has 1 heterocycles. The van der Waals surface area contributed by atoms with Crippen molar-refractivity contribution in [1.29, 1.82) is 0 Å². The second-order valence-corrected chi connectivity index (χ2v) is 6.75. The van der Waals surface area contributed by atoms with Crippen LogP contribution in [0.4, 0.5) is 5.69 Å². The lowest BCUT2D eigenvalue weighted by molar-refractivity contribution is -0.129. The van der Waals surface area contributed by atoms with Crippen LogP contribution in [0.25, 0.3) is 0 Å². The molecule has 0 aromatic heterocycles. The summed E-state index contributed by atoms with van der Waals surface area (Å²) < 4.78 is 0. The lowest BCUT2D eigenvalue weighted by atomic mass is 10.1. The molecule has 2 aromatic rings. The summed E-state index contributed by atoms with van der Waals surface area (Å²) in [5, 5.41) is 0.650. The van der Waals surface area contributed by atoms with Gasteiger partial charge in [-0.3, -0.25) is 4.79 Å². The molecule has 24 heavy (non-hydrogen) atoms. The number of carbonyl (C=O) groups excluding carboxylic acids is 1. The number of para-hydroxylation sites is 1. The predicted octanol–water partition coefficient (Wildman–Crippen LogP) is 4.14. The molecule has 126 valence electrons. The number of benzene rings is 2. The highest BCUT2D eigenvalue weighted by Gasteiger charge is 2.18. The topological polar surface area (TPSA) is 23.6 Å². The van der Waals surface area contributed by atoms with Gasteiger partial charge in [-0.15, -0.1) is 0 Å². The van der Waals surface area contributed by atoms with Crippen LogP contribution in [-0.2, 0) is 17.8 Å². The molecule has 4 heteroatoms. The van der Waals surface area contributed by atoms with Crippen LogP contribution < -0.4 is 4.90 Å². The average molecular weight is 343 g/mol. The van der Waals surface area contributed by atoms with Gasteiger partial charge in [0.1, 0.15) is 0 Å². The number of rotatable bonds is 5. The van der Waals surface area contributed by atoms with E-state index in [2.05, 4.69) is 23.1 Å². The summed E-state index contributed by atoms with van der Waals surface area (Å²) in [6, 6.07) is 15.9. The first-order chi connectivity index (χ1) is 11.6. The second-order valence-electron chi connectivity index (χ2n) is 6.34. The Balaban J connectivity index is 1.69. The molecule has 1 aliphatic rings. The molecule has 1 saturated heterocycles. The van der Waals surface area contributed by atoms with Crippen molar-refractivity contribution >= 4 is 23.2 Å². The minimum absolute atomic E-state index is 0.0827. The Morgan fingerprint density at radius 2 is 1.67 bits per heavy atom. The van der Waals surface area contributed by atoms with E-state index in [-0.39, 0.29) is 5.91 Å². The predicted molar refractivity (Wildman–Crippen MR) is 99.5 cm³/mol. The molecule has 0 spiro atoms.